The zero-order chi connectivity index (χ0) is 24.0. The van der Waals surface area contributed by atoms with Crippen LogP contribution in [0, 0.1) is 0 Å². The highest BCUT2D eigenvalue weighted by molar-refractivity contribution is 5.95. The Bertz CT molecular complexity index is 1300. The smallest absolute Gasteiger partial charge is 0.253 e. The highest BCUT2D eigenvalue weighted by atomic mass is 16.5. The van der Waals surface area contributed by atoms with E-state index in [4.69, 9.17) is 4.74 Å². The number of ether oxygens (including phenoxy) is 1. The molecule has 5 rings (SSSR count). The molecule has 0 bridgehead atoms. The highest BCUT2D eigenvalue weighted by Gasteiger charge is 2.23. The molecular weight excluding hydrogens is 440 g/mol. The number of amides is 2. The van der Waals surface area contributed by atoms with Gasteiger partial charge in [0.25, 0.3) is 5.91 Å². The summed E-state index contributed by atoms with van der Waals surface area (Å²) in [5, 5.41) is 0. The third-order valence-electron chi connectivity index (χ3n) is 6.00. The van der Waals surface area contributed by atoms with Gasteiger partial charge in [-0.3, -0.25) is 9.59 Å². The van der Waals surface area contributed by atoms with E-state index in [9.17, 15) is 9.59 Å². The van der Waals surface area contributed by atoms with E-state index in [1.165, 1.54) is 0 Å². The number of carbonyl (C=O) groups excluding carboxylic acids is 2. The van der Waals surface area contributed by atoms with Gasteiger partial charge in [0, 0.05) is 50.2 Å². The molecule has 0 aliphatic carbocycles. The van der Waals surface area contributed by atoms with Crippen LogP contribution in [0.1, 0.15) is 21.6 Å². The molecule has 7 nitrogen and oxygen atoms in total. The standard InChI is InChI=1S/C28H26N4O3/c33-27(30-16-18-31(19-17-30)28(34)23-6-2-1-3-7-23)14-11-22-9-12-25(13-10-22)35-21-24-20-32-15-5-4-8-26(32)29-24/h1-15,20H,16-19,21H2. The minimum atomic E-state index is -0.0519. The number of benzene rings is 2. The number of pyridine rings is 1. The Balaban J connectivity index is 1.10. The lowest BCUT2D eigenvalue weighted by Gasteiger charge is -2.34. The first kappa shape index (κ1) is 22.4. The summed E-state index contributed by atoms with van der Waals surface area (Å²) in [6, 6.07) is 22.7. The lowest BCUT2D eigenvalue weighted by molar-refractivity contribution is -0.127. The molecule has 2 aromatic heterocycles. The van der Waals surface area contributed by atoms with Crippen molar-refractivity contribution >= 4 is 23.5 Å². The van der Waals surface area contributed by atoms with E-state index in [1.807, 2.05) is 89.6 Å². The summed E-state index contributed by atoms with van der Waals surface area (Å²) in [6.45, 7) is 2.50. The maximum atomic E-state index is 12.6. The van der Waals surface area contributed by atoms with Crippen LogP contribution in [-0.4, -0.2) is 57.2 Å². The van der Waals surface area contributed by atoms with E-state index >= 15 is 0 Å². The number of hydrogen-bond donors (Lipinski definition) is 0. The maximum absolute atomic E-state index is 12.6. The highest BCUT2D eigenvalue weighted by Crippen LogP contribution is 2.16. The van der Waals surface area contributed by atoms with Crippen LogP contribution < -0.4 is 4.74 Å². The number of rotatable bonds is 6. The molecule has 176 valence electrons. The lowest BCUT2D eigenvalue weighted by atomic mass is 10.1. The minimum Gasteiger partial charge on any atom is -0.487 e. The van der Waals surface area contributed by atoms with Crippen LogP contribution in [0.25, 0.3) is 11.7 Å². The summed E-state index contributed by atoms with van der Waals surface area (Å²) in [7, 11) is 0. The number of piperazine rings is 1. The van der Waals surface area contributed by atoms with Gasteiger partial charge in [-0.25, -0.2) is 4.98 Å². The first-order chi connectivity index (χ1) is 17.2. The predicted octanol–water partition coefficient (Wildman–Crippen LogP) is 3.91. The summed E-state index contributed by atoms with van der Waals surface area (Å²) in [5.74, 6) is 0.699. The van der Waals surface area contributed by atoms with E-state index in [1.54, 1.807) is 22.0 Å². The Hall–Kier alpha value is -4.39. The van der Waals surface area contributed by atoms with E-state index in [2.05, 4.69) is 4.98 Å². The second-order valence-electron chi connectivity index (χ2n) is 8.37. The molecule has 0 N–H and O–H groups in total. The zero-order valence-corrected chi connectivity index (χ0v) is 19.3. The van der Waals surface area contributed by atoms with Gasteiger partial charge >= 0.3 is 0 Å². The van der Waals surface area contributed by atoms with Crippen molar-refractivity contribution in [1.29, 1.82) is 0 Å². The second-order valence-corrected chi connectivity index (χ2v) is 8.37. The van der Waals surface area contributed by atoms with Crippen molar-refractivity contribution < 1.29 is 14.3 Å². The van der Waals surface area contributed by atoms with Crippen LogP contribution in [0.3, 0.4) is 0 Å². The summed E-state index contributed by atoms with van der Waals surface area (Å²) in [5.41, 5.74) is 3.34. The van der Waals surface area contributed by atoms with Gasteiger partial charge in [-0.1, -0.05) is 36.4 Å². The summed E-state index contributed by atoms with van der Waals surface area (Å²) in [4.78, 5) is 33.3. The molecule has 2 amide bonds. The molecule has 3 heterocycles. The van der Waals surface area contributed by atoms with E-state index < -0.39 is 0 Å². The minimum absolute atomic E-state index is 0.0109. The van der Waals surface area contributed by atoms with Gasteiger partial charge in [0.1, 0.15) is 18.0 Å². The molecule has 0 atom stereocenters. The molecule has 0 radical (unpaired) electrons. The Morgan fingerprint density at radius 2 is 1.57 bits per heavy atom. The van der Waals surface area contributed by atoms with Gasteiger partial charge in [0.05, 0.1) is 5.69 Å². The van der Waals surface area contributed by atoms with Crippen LogP contribution in [0.15, 0.2) is 91.3 Å². The molecule has 2 aromatic carbocycles. The first-order valence-corrected chi connectivity index (χ1v) is 11.6. The van der Waals surface area contributed by atoms with Gasteiger partial charge in [0.15, 0.2) is 0 Å². The predicted molar refractivity (Wildman–Crippen MR) is 134 cm³/mol. The molecule has 0 saturated carbocycles. The van der Waals surface area contributed by atoms with Crippen molar-refractivity contribution in [1.82, 2.24) is 19.2 Å². The average molecular weight is 467 g/mol. The monoisotopic (exact) mass is 466 g/mol. The van der Waals surface area contributed by atoms with Crippen molar-refractivity contribution in [3.63, 3.8) is 0 Å². The normalized spacial score (nSPS) is 13.9. The van der Waals surface area contributed by atoms with Crippen LogP contribution in [-0.2, 0) is 11.4 Å². The number of carbonyl (C=O) groups is 2. The van der Waals surface area contributed by atoms with Crippen molar-refractivity contribution in [3.8, 4) is 5.75 Å². The van der Waals surface area contributed by atoms with E-state index in [-0.39, 0.29) is 11.8 Å². The maximum Gasteiger partial charge on any atom is 0.253 e. The van der Waals surface area contributed by atoms with Gasteiger partial charge in [0.2, 0.25) is 5.91 Å². The van der Waals surface area contributed by atoms with E-state index in [0.717, 1.165) is 22.7 Å². The Morgan fingerprint density at radius 3 is 2.31 bits per heavy atom. The Kier molecular flexibility index (Phi) is 6.57. The van der Waals surface area contributed by atoms with Gasteiger partial charge in [-0.2, -0.15) is 0 Å². The molecular formula is C28H26N4O3. The molecule has 0 unspecified atom stereocenters. The SMILES string of the molecule is O=C(C=Cc1ccc(OCc2cn3ccccc3n2)cc1)N1CCN(C(=O)c2ccccc2)CC1. The largest absolute Gasteiger partial charge is 0.487 e. The zero-order valence-electron chi connectivity index (χ0n) is 19.3. The third kappa shape index (κ3) is 5.41. The van der Waals surface area contributed by atoms with Gasteiger partial charge < -0.3 is 18.9 Å². The Labute approximate surface area is 203 Å². The van der Waals surface area contributed by atoms with Crippen molar-refractivity contribution in [2.24, 2.45) is 0 Å². The molecule has 1 aliphatic rings. The van der Waals surface area contributed by atoms with Crippen molar-refractivity contribution in [2.75, 3.05) is 26.2 Å². The van der Waals surface area contributed by atoms with Gasteiger partial charge in [-0.05, 0) is 48.0 Å². The lowest BCUT2D eigenvalue weighted by Crippen LogP contribution is -2.50. The van der Waals surface area contributed by atoms with Crippen LogP contribution in [0.5, 0.6) is 5.75 Å². The molecule has 35 heavy (non-hydrogen) atoms. The number of imidazole rings is 1. The number of hydrogen-bond acceptors (Lipinski definition) is 4. The molecule has 7 heteroatoms. The molecule has 1 saturated heterocycles. The van der Waals surface area contributed by atoms with E-state index in [0.29, 0.717) is 38.3 Å². The quantitative estimate of drug-likeness (QED) is 0.404. The fourth-order valence-corrected chi connectivity index (χ4v) is 4.06. The average Bonchev–Trinajstić information content (AvgIpc) is 3.34. The van der Waals surface area contributed by atoms with Crippen molar-refractivity contribution in [2.45, 2.75) is 6.61 Å². The third-order valence-corrected chi connectivity index (χ3v) is 6.00. The van der Waals surface area contributed by atoms with Crippen LogP contribution in [0.2, 0.25) is 0 Å². The summed E-state index contributed by atoms with van der Waals surface area (Å²) < 4.78 is 7.81. The Morgan fingerprint density at radius 1 is 0.857 bits per heavy atom. The molecule has 1 fully saturated rings. The van der Waals surface area contributed by atoms with Gasteiger partial charge in [-0.15, -0.1) is 0 Å². The number of nitrogens with zero attached hydrogens (tertiary/aromatic N) is 4. The summed E-state index contributed by atoms with van der Waals surface area (Å²) in [6.07, 6.45) is 7.30. The topological polar surface area (TPSA) is 67.2 Å². The molecule has 4 aromatic rings. The van der Waals surface area contributed by atoms with Crippen molar-refractivity contribution in [3.05, 3.63) is 108 Å². The number of aromatic nitrogens is 2. The molecule has 1 aliphatic heterocycles. The molecule has 0 spiro atoms. The second kappa shape index (κ2) is 10.3. The van der Waals surface area contributed by atoms with Crippen LogP contribution in [0.4, 0.5) is 0 Å². The fourth-order valence-electron chi connectivity index (χ4n) is 4.06. The number of fused-ring (bicyclic) bond motifs is 1. The van der Waals surface area contributed by atoms with Crippen LogP contribution >= 0.6 is 0 Å². The fraction of sp³-hybridized carbons (Fsp3) is 0.179. The summed E-state index contributed by atoms with van der Waals surface area (Å²) >= 11 is 0. The first-order valence-electron chi connectivity index (χ1n) is 11.6.